The minimum absolute atomic E-state index is 0.165. The Bertz CT molecular complexity index is 676. The summed E-state index contributed by atoms with van der Waals surface area (Å²) in [5.41, 5.74) is 1.91. The van der Waals surface area contributed by atoms with Crippen molar-refractivity contribution in [1.29, 1.82) is 5.26 Å². The van der Waals surface area contributed by atoms with Crippen LogP contribution in [0.3, 0.4) is 0 Å². The first-order valence-corrected chi connectivity index (χ1v) is 6.60. The highest BCUT2D eigenvalue weighted by atomic mass is 16.2. The molecule has 0 fully saturated rings. The second-order valence-electron chi connectivity index (χ2n) is 4.70. The number of carbonyl (C=O) groups excluding carboxylic acids is 1. The number of amides is 1. The molecule has 1 atom stereocenters. The van der Waals surface area contributed by atoms with Gasteiger partial charge in [0, 0.05) is 5.69 Å². The number of carbonyl (C=O) groups is 1. The fourth-order valence-electron chi connectivity index (χ4n) is 1.78. The lowest BCUT2D eigenvalue weighted by Gasteiger charge is -2.15. The van der Waals surface area contributed by atoms with Crippen molar-refractivity contribution in [3.63, 3.8) is 0 Å². The zero-order valence-corrected chi connectivity index (χ0v) is 11.9. The molecular weight excluding hydrogens is 264 g/mol. The first kappa shape index (κ1) is 14.5. The molecule has 2 aromatic rings. The highest BCUT2D eigenvalue weighted by molar-refractivity contribution is 5.96. The van der Waals surface area contributed by atoms with Crippen LogP contribution in [-0.4, -0.2) is 16.9 Å². The largest absolute Gasteiger partial charge is 0.359 e. The molecule has 1 aromatic heterocycles. The Morgan fingerprint density at radius 3 is 2.62 bits per heavy atom. The normalized spacial score (nSPS) is 11.3. The van der Waals surface area contributed by atoms with E-state index in [0.29, 0.717) is 11.5 Å². The number of nitriles is 1. The quantitative estimate of drug-likeness (QED) is 0.902. The number of nitrogens with zero attached hydrogens (tertiary/aromatic N) is 2. The van der Waals surface area contributed by atoms with Gasteiger partial charge in [0.2, 0.25) is 5.91 Å². The number of nitrogens with one attached hydrogen (secondary N) is 2. The molecule has 1 unspecified atom stereocenters. The van der Waals surface area contributed by atoms with E-state index < -0.39 is 6.04 Å². The molecule has 5 nitrogen and oxygen atoms in total. The molecule has 1 heterocycles. The highest BCUT2D eigenvalue weighted by Gasteiger charge is 2.13. The third-order valence-corrected chi connectivity index (χ3v) is 3.00. The molecule has 106 valence electrons. The molecular formula is C16H16N4O. The van der Waals surface area contributed by atoms with E-state index in [1.165, 1.54) is 0 Å². The summed E-state index contributed by atoms with van der Waals surface area (Å²) in [4.78, 5) is 16.2. The van der Waals surface area contributed by atoms with Gasteiger partial charge in [-0.05, 0) is 37.6 Å². The minimum atomic E-state index is -0.466. The topological polar surface area (TPSA) is 77.8 Å². The van der Waals surface area contributed by atoms with Crippen LogP contribution in [-0.2, 0) is 4.79 Å². The number of hydrogen-bond acceptors (Lipinski definition) is 4. The molecule has 0 saturated heterocycles. The van der Waals surface area contributed by atoms with E-state index in [1.54, 1.807) is 19.1 Å². The van der Waals surface area contributed by atoms with Crippen molar-refractivity contribution in [3.8, 4) is 6.07 Å². The molecule has 0 spiro atoms. The van der Waals surface area contributed by atoms with Crippen LogP contribution in [0.4, 0.5) is 11.5 Å². The number of benzene rings is 1. The van der Waals surface area contributed by atoms with Gasteiger partial charge in [-0.1, -0.05) is 24.3 Å². The third kappa shape index (κ3) is 3.80. The molecule has 1 aromatic carbocycles. The Hall–Kier alpha value is -2.87. The summed E-state index contributed by atoms with van der Waals surface area (Å²) in [6, 6.07) is 14.4. The van der Waals surface area contributed by atoms with Crippen LogP contribution in [0.15, 0.2) is 42.5 Å². The molecule has 2 N–H and O–H groups in total. The van der Waals surface area contributed by atoms with Gasteiger partial charge in [-0.25, -0.2) is 4.98 Å². The van der Waals surface area contributed by atoms with Crippen LogP contribution in [0.1, 0.15) is 18.2 Å². The van der Waals surface area contributed by atoms with E-state index in [0.717, 1.165) is 11.3 Å². The Morgan fingerprint density at radius 1 is 1.24 bits per heavy atom. The molecule has 0 saturated carbocycles. The van der Waals surface area contributed by atoms with Crippen LogP contribution in [0.25, 0.3) is 0 Å². The molecule has 0 aliphatic heterocycles. The molecule has 1 amide bonds. The predicted molar refractivity (Wildman–Crippen MR) is 81.8 cm³/mol. The first-order valence-electron chi connectivity index (χ1n) is 6.60. The summed E-state index contributed by atoms with van der Waals surface area (Å²) in [5.74, 6) is 0.343. The summed E-state index contributed by atoms with van der Waals surface area (Å²) in [6.45, 7) is 3.56. The number of para-hydroxylation sites is 1. The van der Waals surface area contributed by atoms with Gasteiger partial charge in [-0.3, -0.25) is 4.79 Å². The average molecular weight is 280 g/mol. The number of rotatable bonds is 4. The van der Waals surface area contributed by atoms with Gasteiger partial charge < -0.3 is 10.6 Å². The molecule has 0 aliphatic carbocycles. The fraction of sp³-hybridized carbons (Fsp3) is 0.188. The van der Waals surface area contributed by atoms with Crippen molar-refractivity contribution in [1.82, 2.24) is 4.98 Å². The third-order valence-electron chi connectivity index (χ3n) is 3.00. The number of aromatic nitrogens is 1. The van der Waals surface area contributed by atoms with E-state index >= 15 is 0 Å². The number of hydrogen-bond donors (Lipinski definition) is 2. The van der Waals surface area contributed by atoms with E-state index in [4.69, 9.17) is 5.26 Å². The van der Waals surface area contributed by atoms with E-state index in [2.05, 4.69) is 15.6 Å². The number of anilines is 2. The van der Waals surface area contributed by atoms with Crippen LogP contribution in [0.2, 0.25) is 0 Å². The fourth-order valence-corrected chi connectivity index (χ4v) is 1.78. The van der Waals surface area contributed by atoms with E-state index in [-0.39, 0.29) is 5.91 Å². The van der Waals surface area contributed by atoms with E-state index in [1.807, 2.05) is 43.3 Å². The van der Waals surface area contributed by atoms with Crippen molar-refractivity contribution in [2.24, 2.45) is 0 Å². The standard InChI is InChI=1S/C16H16N4O/c1-11-8-9-15(20-14(11)10-17)18-12(2)16(21)19-13-6-4-3-5-7-13/h3-9,12H,1-2H3,(H,18,20)(H,19,21). The van der Waals surface area contributed by atoms with Gasteiger partial charge in [0.05, 0.1) is 0 Å². The van der Waals surface area contributed by atoms with Crippen molar-refractivity contribution >= 4 is 17.4 Å². The molecule has 21 heavy (non-hydrogen) atoms. The van der Waals surface area contributed by atoms with Gasteiger partial charge in [-0.15, -0.1) is 0 Å². The lowest BCUT2D eigenvalue weighted by molar-refractivity contribution is -0.116. The molecule has 5 heteroatoms. The number of aryl methyl sites for hydroxylation is 1. The highest BCUT2D eigenvalue weighted by Crippen LogP contribution is 2.11. The summed E-state index contributed by atoms with van der Waals surface area (Å²) >= 11 is 0. The van der Waals surface area contributed by atoms with Gasteiger partial charge in [-0.2, -0.15) is 5.26 Å². The molecule has 0 radical (unpaired) electrons. The SMILES string of the molecule is Cc1ccc(NC(C)C(=O)Nc2ccccc2)nc1C#N. The van der Waals surface area contributed by atoms with Crippen LogP contribution < -0.4 is 10.6 Å². The lowest BCUT2D eigenvalue weighted by atomic mass is 10.2. The van der Waals surface area contributed by atoms with E-state index in [9.17, 15) is 4.79 Å². The predicted octanol–water partition coefficient (Wildman–Crippen LogP) is 2.70. The van der Waals surface area contributed by atoms with Crippen LogP contribution in [0, 0.1) is 18.3 Å². The van der Waals surface area contributed by atoms with Gasteiger partial charge >= 0.3 is 0 Å². The molecule has 0 aliphatic rings. The second kappa shape index (κ2) is 6.53. The monoisotopic (exact) mass is 280 g/mol. The van der Waals surface area contributed by atoms with Crippen LogP contribution >= 0.6 is 0 Å². The first-order chi connectivity index (χ1) is 10.1. The van der Waals surface area contributed by atoms with Gasteiger partial charge in [0.15, 0.2) is 0 Å². The maximum Gasteiger partial charge on any atom is 0.246 e. The number of pyridine rings is 1. The summed E-state index contributed by atoms with van der Waals surface area (Å²) < 4.78 is 0. The smallest absolute Gasteiger partial charge is 0.246 e. The zero-order valence-electron chi connectivity index (χ0n) is 11.9. The van der Waals surface area contributed by atoms with Crippen LogP contribution in [0.5, 0.6) is 0 Å². The maximum absolute atomic E-state index is 12.1. The Balaban J connectivity index is 2.02. The van der Waals surface area contributed by atoms with Gasteiger partial charge in [0.1, 0.15) is 23.6 Å². The Kier molecular flexibility index (Phi) is 4.52. The average Bonchev–Trinajstić information content (AvgIpc) is 2.50. The minimum Gasteiger partial charge on any atom is -0.359 e. The van der Waals surface area contributed by atoms with Gasteiger partial charge in [0.25, 0.3) is 0 Å². The summed E-state index contributed by atoms with van der Waals surface area (Å²) in [6.07, 6.45) is 0. The van der Waals surface area contributed by atoms with Crippen molar-refractivity contribution in [3.05, 3.63) is 53.7 Å². The molecule has 2 rings (SSSR count). The summed E-state index contributed by atoms with van der Waals surface area (Å²) in [7, 11) is 0. The van der Waals surface area contributed by atoms with Crippen molar-refractivity contribution < 1.29 is 4.79 Å². The van der Waals surface area contributed by atoms with Crippen molar-refractivity contribution in [2.45, 2.75) is 19.9 Å². The Labute approximate surface area is 123 Å². The second-order valence-corrected chi connectivity index (χ2v) is 4.70. The Morgan fingerprint density at radius 2 is 1.95 bits per heavy atom. The maximum atomic E-state index is 12.1. The lowest BCUT2D eigenvalue weighted by Crippen LogP contribution is -2.32. The van der Waals surface area contributed by atoms with Crippen molar-refractivity contribution in [2.75, 3.05) is 10.6 Å². The molecule has 0 bridgehead atoms. The zero-order chi connectivity index (χ0) is 15.2. The summed E-state index contributed by atoms with van der Waals surface area (Å²) in [5, 5.41) is 14.8.